The van der Waals surface area contributed by atoms with Crippen LogP contribution in [0.1, 0.15) is 51.4 Å². The number of ether oxygens (including phenoxy) is 1. The summed E-state index contributed by atoms with van der Waals surface area (Å²) in [5.74, 6) is 0. The van der Waals surface area contributed by atoms with Crippen molar-refractivity contribution >= 4 is 0 Å². The molecule has 1 heterocycles. The Morgan fingerprint density at radius 3 is 2.72 bits per heavy atom. The van der Waals surface area contributed by atoms with Crippen LogP contribution in [0.25, 0.3) is 0 Å². The summed E-state index contributed by atoms with van der Waals surface area (Å²) in [6, 6.07) is 0.694. The van der Waals surface area contributed by atoms with Crippen LogP contribution >= 0.6 is 0 Å². The first-order valence-electron chi connectivity index (χ1n) is 7.72. The fourth-order valence-electron chi connectivity index (χ4n) is 3.45. The summed E-state index contributed by atoms with van der Waals surface area (Å²) in [4.78, 5) is 2.26. The van der Waals surface area contributed by atoms with Gasteiger partial charge < -0.3 is 15.0 Å². The highest BCUT2D eigenvalue weighted by Crippen LogP contribution is 2.38. The molecule has 18 heavy (non-hydrogen) atoms. The highest BCUT2D eigenvalue weighted by Gasteiger charge is 2.38. The van der Waals surface area contributed by atoms with Gasteiger partial charge in [0.2, 0.25) is 0 Å². The lowest BCUT2D eigenvalue weighted by Gasteiger charge is -2.43. The Hall–Kier alpha value is -0.120. The van der Waals surface area contributed by atoms with E-state index in [1.54, 1.807) is 0 Å². The van der Waals surface area contributed by atoms with Crippen molar-refractivity contribution in [3.05, 3.63) is 0 Å². The van der Waals surface area contributed by atoms with E-state index in [0.717, 1.165) is 13.2 Å². The van der Waals surface area contributed by atoms with E-state index >= 15 is 0 Å². The second-order valence-electron chi connectivity index (χ2n) is 6.39. The van der Waals surface area contributed by atoms with Gasteiger partial charge in [-0.05, 0) is 59.3 Å². The maximum Gasteiger partial charge on any atom is 0.0697 e. The van der Waals surface area contributed by atoms with Gasteiger partial charge in [0.1, 0.15) is 0 Å². The molecule has 3 heteroatoms. The van der Waals surface area contributed by atoms with E-state index in [1.807, 2.05) is 0 Å². The Morgan fingerprint density at radius 1 is 1.22 bits per heavy atom. The first-order valence-corrected chi connectivity index (χ1v) is 7.72. The molecule has 106 valence electrons. The number of nitrogens with zero attached hydrogens (tertiary/aromatic N) is 1. The van der Waals surface area contributed by atoms with Crippen molar-refractivity contribution in [1.29, 1.82) is 0 Å². The van der Waals surface area contributed by atoms with Gasteiger partial charge in [-0.1, -0.05) is 19.3 Å². The van der Waals surface area contributed by atoms with E-state index < -0.39 is 0 Å². The molecule has 1 atom stereocenters. The van der Waals surface area contributed by atoms with E-state index in [4.69, 9.17) is 4.74 Å². The third-order valence-electron chi connectivity index (χ3n) is 4.47. The van der Waals surface area contributed by atoms with Crippen molar-refractivity contribution in [3.8, 4) is 0 Å². The standard InChI is InChI=1S/C15H30N2O/c1-17(2)11-6-10-16-14-7-12-18-15(13-14)8-4-3-5-9-15/h14,16H,3-13H2,1-2H3. The van der Waals surface area contributed by atoms with Gasteiger partial charge in [0.05, 0.1) is 5.60 Å². The van der Waals surface area contributed by atoms with Gasteiger partial charge in [-0.25, -0.2) is 0 Å². The SMILES string of the molecule is CN(C)CCCNC1CCOC2(CCCCC2)C1. The normalized spacial score (nSPS) is 27.8. The molecule has 1 N–H and O–H groups in total. The molecule has 1 saturated carbocycles. The highest BCUT2D eigenvalue weighted by molar-refractivity contribution is 4.91. The van der Waals surface area contributed by atoms with Crippen molar-refractivity contribution in [1.82, 2.24) is 10.2 Å². The van der Waals surface area contributed by atoms with E-state index in [-0.39, 0.29) is 5.60 Å². The predicted molar refractivity (Wildman–Crippen MR) is 76.0 cm³/mol. The summed E-state index contributed by atoms with van der Waals surface area (Å²) in [6.07, 6.45) is 10.4. The summed E-state index contributed by atoms with van der Waals surface area (Å²) in [6.45, 7) is 3.30. The first-order chi connectivity index (χ1) is 8.70. The van der Waals surface area contributed by atoms with Gasteiger partial charge >= 0.3 is 0 Å². The van der Waals surface area contributed by atoms with Gasteiger partial charge in [-0.2, -0.15) is 0 Å². The van der Waals surface area contributed by atoms with Crippen molar-refractivity contribution in [3.63, 3.8) is 0 Å². The Balaban J connectivity index is 1.69. The molecular weight excluding hydrogens is 224 g/mol. The molecule has 2 rings (SSSR count). The molecule has 0 amide bonds. The van der Waals surface area contributed by atoms with Crippen LogP contribution in [0.4, 0.5) is 0 Å². The summed E-state index contributed by atoms with van der Waals surface area (Å²) in [7, 11) is 4.29. The van der Waals surface area contributed by atoms with Gasteiger partial charge in [-0.15, -0.1) is 0 Å². The molecular formula is C15H30N2O. The molecule has 2 aliphatic rings. The largest absolute Gasteiger partial charge is 0.375 e. The maximum atomic E-state index is 6.13. The van der Waals surface area contributed by atoms with Gasteiger partial charge in [0.25, 0.3) is 0 Å². The number of hydrogen-bond acceptors (Lipinski definition) is 3. The van der Waals surface area contributed by atoms with Crippen LogP contribution in [0.5, 0.6) is 0 Å². The lowest BCUT2D eigenvalue weighted by Crippen LogP contribution is -2.48. The number of rotatable bonds is 5. The Morgan fingerprint density at radius 2 is 2.00 bits per heavy atom. The molecule has 3 nitrogen and oxygen atoms in total. The molecule has 1 unspecified atom stereocenters. The van der Waals surface area contributed by atoms with E-state index in [0.29, 0.717) is 6.04 Å². The molecule has 1 aliphatic heterocycles. The molecule has 1 saturated heterocycles. The van der Waals surface area contributed by atoms with Crippen LogP contribution in [-0.4, -0.2) is 50.3 Å². The minimum Gasteiger partial charge on any atom is -0.375 e. The summed E-state index contributed by atoms with van der Waals surface area (Å²) < 4.78 is 6.13. The Kier molecular flexibility index (Phi) is 5.46. The predicted octanol–water partition coefficient (Wildman–Crippen LogP) is 2.41. The van der Waals surface area contributed by atoms with E-state index in [9.17, 15) is 0 Å². The minimum absolute atomic E-state index is 0.246. The van der Waals surface area contributed by atoms with Crippen LogP contribution in [0.2, 0.25) is 0 Å². The second-order valence-corrected chi connectivity index (χ2v) is 6.39. The fraction of sp³-hybridized carbons (Fsp3) is 1.00. The van der Waals surface area contributed by atoms with Crippen molar-refractivity contribution < 1.29 is 4.74 Å². The molecule has 1 aliphatic carbocycles. The van der Waals surface area contributed by atoms with Crippen LogP contribution < -0.4 is 5.32 Å². The molecule has 0 aromatic heterocycles. The zero-order valence-corrected chi connectivity index (χ0v) is 12.2. The first kappa shape index (κ1) is 14.3. The zero-order valence-electron chi connectivity index (χ0n) is 12.2. The van der Waals surface area contributed by atoms with E-state index in [2.05, 4.69) is 24.3 Å². The molecule has 2 fully saturated rings. The zero-order chi connectivity index (χ0) is 12.8. The summed E-state index contributed by atoms with van der Waals surface area (Å²) >= 11 is 0. The highest BCUT2D eigenvalue weighted by atomic mass is 16.5. The Labute approximate surface area is 112 Å². The molecule has 0 aromatic carbocycles. The fourth-order valence-corrected chi connectivity index (χ4v) is 3.45. The minimum atomic E-state index is 0.246. The smallest absolute Gasteiger partial charge is 0.0697 e. The lowest BCUT2D eigenvalue weighted by molar-refractivity contribution is -0.109. The number of hydrogen-bond donors (Lipinski definition) is 1. The topological polar surface area (TPSA) is 24.5 Å². The van der Waals surface area contributed by atoms with Gasteiger partial charge in [0, 0.05) is 12.6 Å². The third-order valence-corrected chi connectivity index (χ3v) is 4.47. The van der Waals surface area contributed by atoms with Crippen molar-refractivity contribution in [2.75, 3.05) is 33.8 Å². The van der Waals surface area contributed by atoms with Crippen LogP contribution in [0.3, 0.4) is 0 Å². The van der Waals surface area contributed by atoms with Crippen molar-refractivity contribution in [2.45, 2.75) is 63.0 Å². The molecule has 1 spiro atoms. The quantitative estimate of drug-likeness (QED) is 0.763. The Bertz CT molecular complexity index is 231. The van der Waals surface area contributed by atoms with Crippen LogP contribution in [0, 0.1) is 0 Å². The molecule has 0 bridgehead atoms. The second kappa shape index (κ2) is 6.88. The molecule has 0 aromatic rings. The number of nitrogens with one attached hydrogen (secondary N) is 1. The van der Waals surface area contributed by atoms with Crippen LogP contribution in [0.15, 0.2) is 0 Å². The average Bonchev–Trinajstić information content (AvgIpc) is 2.36. The molecule has 0 radical (unpaired) electrons. The van der Waals surface area contributed by atoms with E-state index in [1.165, 1.54) is 57.9 Å². The van der Waals surface area contributed by atoms with Crippen molar-refractivity contribution in [2.24, 2.45) is 0 Å². The summed E-state index contributed by atoms with van der Waals surface area (Å²) in [5.41, 5.74) is 0.246. The van der Waals surface area contributed by atoms with Gasteiger partial charge in [-0.3, -0.25) is 0 Å². The average molecular weight is 254 g/mol. The van der Waals surface area contributed by atoms with Crippen LogP contribution in [-0.2, 0) is 4.74 Å². The maximum absolute atomic E-state index is 6.13. The third kappa shape index (κ3) is 4.22. The van der Waals surface area contributed by atoms with Gasteiger partial charge in [0.15, 0.2) is 0 Å². The summed E-state index contributed by atoms with van der Waals surface area (Å²) in [5, 5.41) is 3.74. The lowest BCUT2D eigenvalue weighted by atomic mass is 9.78. The monoisotopic (exact) mass is 254 g/mol.